The van der Waals surface area contributed by atoms with Crippen molar-refractivity contribution in [3.05, 3.63) is 76.6 Å². The van der Waals surface area contributed by atoms with Crippen LogP contribution in [0, 0.1) is 5.82 Å². The first-order valence-corrected chi connectivity index (χ1v) is 8.01. The second-order valence-electron chi connectivity index (χ2n) is 5.40. The molecule has 2 aromatic heterocycles. The lowest BCUT2D eigenvalue weighted by molar-refractivity contribution is 0.0949. The molecular weight excluding hydrogens is 345 g/mol. The van der Waals surface area contributed by atoms with E-state index in [0.717, 1.165) is 5.56 Å². The summed E-state index contributed by atoms with van der Waals surface area (Å²) in [6.07, 6.45) is 5.67. The Kier molecular flexibility index (Phi) is 5.35. The van der Waals surface area contributed by atoms with Crippen molar-refractivity contribution < 1.29 is 9.18 Å². The second kappa shape index (κ2) is 7.85. The molecule has 3 rings (SSSR count). The van der Waals surface area contributed by atoms with E-state index in [1.165, 1.54) is 23.0 Å². The van der Waals surface area contributed by atoms with Crippen molar-refractivity contribution in [2.45, 2.75) is 13.0 Å². The maximum absolute atomic E-state index is 13.1. The monoisotopic (exact) mass is 359 g/mol. The maximum Gasteiger partial charge on any atom is 0.273 e. The predicted molar refractivity (Wildman–Crippen MR) is 90.8 cm³/mol. The van der Waals surface area contributed by atoms with E-state index in [1.807, 2.05) is 12.1 Å². The molecule has 3 aromatic rings. The quantitative estimate of drug-likeness (QED) is 0.734. The summed E-state index contributed by atoms with van der Waals surface area (Å²) in [5.41, 5.74) is 1.94. The standard InChI is InChI=1S/C17H15ClFN5O/c18-15-8-14(19)4-3-13(15)10-24-11-16(22-23-24)17(25)21-7-5-12-2-1-6-20-9-12/h1-4,6,8-9,11H,5,7,10H2,(H,21,25). The average molecular weight is 360 g/mol. The van der Waals surface area contributed by atoms with Crippen molar-refractivity contribution in [1.82, 2.24) is 25.3 Å². The van der Waals surface area contributed by atoms with E-state index in [0.29, 0.717) is 30.1 Å². The van der Waals surface area contributed by atoms with Crippen LogP contribution in [0.15, 0.2) is 48.9 Å². The van der Waals surface area contributed by atoms with Crippen molar-refractivity contribution in [3.8, 4) is 0 Å². The van der Waals surface area contributed by atoms with Gasteiger partial charge >= 0.3 is 0 Å². The van der Waals surface area contributed by atoms with E-state index < -0.39 is 5.82 Å². The van der Waals surface area contributed by atoms with Gasteiger partial charge < -0.3 is 5.32 Å². The van der Waals surface area contributed by atoms with Crippen LogP contribution in [-0.4, -0.2) is 32.4 Å². The number of amides is 1. The Labute approximate surface area is 148 Å². The van der Waals surface area contributed by atoms with E-state index in [4.69, 9.17) is 11.6 Å². The SMILES string of the molecule is O=C(NCCc1cccnc1)c1cn(Cc2ccc(F)cc2Cl)nn1. The van der Waals surface area contributed by atoms with E-state index in [-0.39, 0.29) is 11.6 Å². The molecule has 0 bridgehead atoms. The van der Waals surface area contributed by atoms with Crippen LogP contribution in [0.3, 0.4) is 0 Å². The van der Waals surface area contributed by atoms with Gasteiger partial charge in [-0.25, -0.2) is 9.07 Å². The van der Waals surface area contributed by atoms with Crippen LogP contribution in [-0.2, 0) is 13.0 Å². The number of pyridine rings is 1. The molecule has 25 heavy (non-hydrogen) atoms. The van der Waals surface area contributed by atoms with Gasteiger partial charge in [0.2, 0.25) is 0 Å². The Morgan fingerprint density at radius 3 is 2.96 bits per heavy atom. The summed E-state index contributed by atoms with van der Waals surface area (Å²) < 4.78 is 14.5. The van der Waals surface area contributed by atoms with Gasteiger partial charge in [0.15, 0.2) is 5.69 Å². The molecule has 0 saturated carbocycles. The Morgan fingerprint density at radius 2 is 2.20 bits per heavy atom. The van der Waals surface area contributed by atoms with E-state index in [2.05, 4.69) is 20.6 Å². The number of nitrogens with zero attached hydrogens (tertiary/aromatic N) is 4. The van der Waals surface area contributed by atoms with Gasteiger partial charge in [-0.3, -0.25) is 9.78 Å². The normalized spacial score (nSPS) is 10.6. The summed E-state index contributed by atoms with van der Waals surface area (Å²) in [4.78, 5) is 16.1. The molecule has 0 aliphatic carbocycles. The largest absolute Gasteiger partial charge is 0.350 e. The van der Waals surface area contributed by atoms with Gasteiger partial charge in [-0.1, -0.05) is 28.9 Å². The first-order valence-electron chi connectivity index (χ1n) is 7.63. The van der Waals surface area contributed by atoms with Crippen molar-refractivity contribution in [2.75, 3.05) is 6.54 Å². The minimum atomic E-state index is -0.402. The third-order valence-corrected chi connectivity index (χ3v) is 3.89. The summed E-state index contributed by atoms with van der Waals surface area (Å²) in [5.74, 6) is -0.707. The summed E-state index contributed by atoms with van der Waals surface area (Å²) in [5, 5.41) is 10.9. The van der Waals surface area contributed by atoms with E-state index >= 15 is 0 Å². The molecule has 1 N–H and O–H groups in total. The lowest BCUT2D eigenvalue weighted by Gasteiger charge is -2.04. The summed E-state index contributed by atoms with van der Waals surface area (Å²) in [7, 11) is 0. The zero-order valence-corrected chi connectivity index (χ0v) is 13.9. The number of hydrogen-bond acceptors (Lipinski definition) is 4. The van der Waals surface area contributed by atoms with Gasteiger partial charge in [-0.05, 0) is 35.7 Å². The first-order chi connectivity index (χ1) is 12.1. The lowest BCUT2D eigenvalue weighted by atomic mass is 10.2. The van der Waals surface area contributed by atoms with Gasteiger partial charge in [-0.15, -0.1) is 5.10 Å². The molecule has 0 atom stereocenters. The highest BCUT2D eigenvalue weighted by atomic mass is 35.5. The van der Waals surface area contributed by atoms with E-state index in [1.54, 1.807) is 18.5 Å². The molecule has 1 amide bonds. The summed E-state index contributed by atoms with van der Waals surface area (Å²) in [6, 6.07) is 7.93. The Bertz CT molecular complexity index is 868. The molecular formula is C17H15ClFN5O. The van der Waals surface area contributed by atoms with Gasteiger partial charge in [0, 0.05) is 24.0 Å². The number of hydrogen-bond donors (Lipinski definition) is 1. The lowest BCUT2D eigenvalue weighted by Crippen LogP contribution is -2.26. The highest BCUT2D eigenvalue weighted by Gasteiger charge is 2.11. The second-order valence-corrected chi connectivity index (χ2v) is 5.81. The maximum atomic E-state index is 13.1. The first kappa shape index (κ1) is 17.0. The molecule has 1 aromatic carbocycles. The van der Waals surface area contributed by atoms with Crippen LogP contribution < -0.4 is 5.32 Å². The summed E-state index contributed by atoms with van der Waals surface area (Å²) >= 11 is 5.99. The average Bonchev–Trinajstić information content (AvgIpc) is 3.07. The zero-order chi connectivity index (χ0) is 17.6. The van der Waals surface area contributed by atoms with Crippen LogP contribution in [0.1, 0.15) is 21.6 Å². The number of benzene rings is 1. The van der Waals surface area contributed by atoms with Gasteiger partial charge in [0.1, 0.15) is 5.82 Å². The molecule has 128 valence electrons. The van der Waals surface area contributed by atoms with Crippen LogP contribution in [0.5, 0.6) is 0 Å². The number of rotatable bonds is 6. The van der Waals surface area contributed by atoms with Gasteiger partial charge in [0.25, 0.3) is 5.91 Å². The van der Waals surface area contributed by atoms with Crippen LogP contribution >= 0.6 is 11.6 Å². The fourth-order valence-electron chi connectivity index (χ4n) is 2.26. The molecule has 2 heterocycles. The molecule has 0 radical (unpaired) electrons. The Morgan fingerprint density at radius 1 is 1.32 bits per heavy atom. The molecule has 0 aliphatic rings. The van der Waals surface area contributed by atoms with Crippen molar-refractivity contribution in [3.63, 3.8) is 0 Å². The fourth-order valence-corrected chi connectivity index (χ4v) is 2.49. The Hall–Kier alpha value is -2.80. The number of carbonyl (C=O) groups is 1. The van der Waals surface area contributed by atoms with Crippen molar-refractivity contribution >= 4 is 17.5 Å². The number of nitrogens with one attached hydrogen (secondary N) is 1. The van der Waals surface area contributed by atoms with Gasteiger partial charge in [-0.2, -0.15) is 0 Å². The van der Waals surface area contributed by atoms with E-state index in [9.17, 15) is 9.18 Å². The fraction of sp³-hybridized carbons (Fsp3) is 0.176. The van der Waals surface area contributed by atoms with Crippen molar-refractivity contribution in [2.24, 2.45) is 0 Å². The molecule has 0 unspecified atom stereocenters. The predicted octanol–water partition coefficient (Wildman–Crippen LogP) is 2.49. The topological polar surface area (TPSA) is 72.7 Å². The number of aromatic nitrogens is 4. The third kappa shape index (κ3) is 4.60. The Balaban J connectivity index is 1.56. The molecule has 0 spiro atoms. The third-order valence-electron chi connectivity index (χ3n) is 3.54. The number of carbonyl (C=O) groups excluding carboxylic acids is 1. The van der Waals surface area contributed by atoms with Crippen LogP contribution in [0.25, 0.3) is 0 Å². The van der Waals surface area contributed by atoms with Crippen LogP contribution in [0.2, 0.25) is 5.02 Å². The molecule has 8 heteroatoms. The molecule has 6 nitrogen and oxygen atoms in total. The zero-order valence-electron chi connectivity index (χ0n) is 13.2. The smallest absolute Gasteiger partial charge is 0.273 e. The van der Waals surface area contributed by atoms with Crippen LogP contribution in [0.4, 0.5) is 4.39 Å². The highest BCUT2D eigenvalue weighted by Crippen LogP contribution is 2.18. The molecule has 0 fully saturated rings. The van der Waals surface area contributed by atoms with Gasteiger partial charge in [0.05, 0.1) is 12.7 Å². The summed E-state index contributed by atoms with van der Waals surface area (Å²) in [6.45, 7) is 0.774. The number of halogens is 2. The minimum Gasteiger partial charge on any atom is -0.350 e. The molecule has 0 aliphatic heterocycles. The van der Waals surface area contributed by atoms with Crippen molar-refractivity contribution in [1.29, 1.82) is 0 Å². The minimum absolute atomic E-state index is 0.212. The molecule has 0 saturated heterocycles. The highest BCUT2D eigenvalue weighted by molar-refractivity contribution is 6.31.